The molecule has 74 valence electrons. The second-order valence-electron chi connectivity index (χ2n) is 4.40. The summed E-state index contributed by atoms with van der Waals surface area (Å²) in [7, 11) is 0. The number of carbonyl (C=O) groups is 2. The average molecular weight is 192 g/mol. The number of esters is 2. The SMILES string of the molecule is CCC1[C@@H]2C=C[C@@H]1[C@@H]1C(=O)OC(=O)[C@H]12. The molecule has 0 radical (unpaired) electrons. The van der Waals surface area contributed by atoms with Crippen LogP contribution < -0.4 is 0 Å². The van der Waals surface area contributed by atoms with E-state index in [1.54, 1.807) is 0 Å². The Bertz CT molecular complexity index is 314. The number of cyclic esters (lactones) is 2. The van der Waals surface area contributed by atoms with Crippen LogP contribution in [0.25, 0.3) is 0 Å². The van der Waals surface area contributed by atoms with Crippen LogP contribution in [0.4, 0.5) is 0 Å². The molecule has 0 spiro atoms. The van der Waals surface area contributed by atoms with Crippen molar-refractivity contribution in [1.29, 1.82) is 0 Å². The van der Waals surface area contributed by atoms with Crippen LogP contribution in [-0.4, -0.2) is 11.9 Å². The van der Waals surface area contributed by atoms with Crippen molar-refractivity contribution < 1.29 is 14.3 Å². The van der Waals surface area contributed by atoms with E-state index in [1.165, 1.54) is 0 Å². The first kappa shape index (κ1) is 8.21. The molecule has 2 bridgehead atoms. The number of carbonyl (C=O) groups excluding carboxylic acids is 2. The molecule has 1 saturated heterocycles. The lowest BCUT2D eigenvalue weighted by atomic mass is 9.85. The molecule has 0 unspecified atom stereocenters. The van der Waals surface area contributed by atoms with Crippen LogP contribution in [0.2, 0.25) is 0 Å². The Balaban J connectivity index is 2.03. The lowest BCUT2D eigenvalue weighted by molar-refractivity contribution is -0.155. The number of fused-ring (bicyclic) bond motifs is 5. The Morgan fingerprint density at radius 1 is 1.14 bits per heavy atom. The van der Waals surface area contributed by atoms with Crippen LogP contribution in [-0.2, 0) is 14.3 Å². The minimum absolute atomic E-state index is 0.164. The van der Waals surface area contributed by atoms with Gasteiger partial charge in [0, 0.05) is 0 Å². The Kier molecular flexibility index (Phi) is 1.45. The first-order valence-corrected chi connectivity index (χ1v) is 5.18. The van der Waals surface area contributed by atoms with Gasteiger partial charge in [-0.3, -0.25) is 9.59 Å². The smallest absolute Gasteiger partial charge is 0.318 e. The van der Waals surface area contributed by atoms with Crippen LogP contribution in [0.3, 0.4) is 0 Å². The zero-order chi connectivity index (χ0) is 9.87. The van der Waals surface area contributed by atoms with E-state index in [0.29, 0.717) is 5.92 Å². The van der Waals surface area contributed by atoms with E-state index in [4.69, 9.17) is 0 Å². The van der Waals surface area contributed by atoms with Crippen LogP contribution in [0.5, 0.6) is 0 Å². The molecule has 2 fully saturated rings. The van der Waals surface area contributed by atoms with Gasteiger partial charge in [-0.1, -0.05) is 25.5 Å². The summed E-state index contributed by atoms with van der Waals surface area (Å²) < 4.78 is 4.68. The summed E-state index contributed by atoms with van der Waals surface area (Å²) in [6, 6.07) is 0. The molecule has 2 aliphatic carbocycles. The predicted molar refractivity (Wildman–Crippen MR) is 48.0 cm³/mol. The minimum atomic E-state index is -0.296. The third-order valence-electron chi connectivity index (χ3n) is 3.98. The maximum Gasteiger partial charge on any atom is 0.318 e. The predicted octanol–water partition coefficient (Wildman–Crippen LogP) is 1.14. The molecule has 14 heavy (non-hydrogen) atoms. The number of hydrogen-bond acceptors (Lipinski definition) is 3. The molecule has 0 amide bonds. The molecule has 3 aliphatic rings. The number of allylic oxidation sites excluding steroid dienone is 2. The van der Waals surface area contributed by atoms with E-state index in [1.807, 2.05) is 0 Å². The summed E-state index contributed by atoms with van der Waals surface area (Å²) in [5, 5.41) is 0. The highest BCUT2D eigenvalue weighted by molar-refractivity contribution is 5.98. The Morgan fingerprint density at radius 2 is 1.64 bits per heavy atom. The van der Waals surface area contributed by atoms with E-state index in [-0.39, 0.29) is 35.6 Å². The Labute approximate surface area is 82.1 Å². The standard InChI is InChI=1S/C11H12O3/c1-2-5-6-3-4-7(5)9-8(6)10(12)14-11(9)13/h3-9H,2H2,1H3/t6-,7-,8-,9-/m0/s1. The van der Waals surface area contributed by atoms with Crippen molar-refractivity contribution in [3.63, 3.8) is 0 Å². The lowest BCUT2D eigenvalue weighted by Gasteiger charge is -2.14. The second-order valence-corrected chi connectivity index (χ2v) is 4.40. The maximum atomic E-state index is 11.4. The molecule has 3 nitrogen and oxygen atoms in total. The van der Waals surface area contributed by atoms with Gasteiger partial charge in [-0.05, 0) is 17.8 Å². The molecule has 0 aromatic heterocycles. The number of rotatable bonds is 1. The zero-order valence-electron chi connectivity index (χ0n) is 7.97. The van der Waals surface area contributed by atoms with Crippen LogP contribution >= 0.6 is 0 Å². The van der Waals surface area contributed by atoms with E-state index in [9.17, 15) is 9.59 Å². The summed E-state index contributed by atoms with van der Waals surface area (Å²) in [6.07, 6.45) is 5.23. The summed E-state index contributed by atoms with van der Waals surface area (Å²) in [5.74, 6) is 0.0835. The van der Waals surface area contributed by atoms with Crippen molar-refractivity contribution in [3.8, 4) is 0 Å². The first-order valence-electron chi connectivity index (χ1n) is 5.18. The van der Waals surface area contributed by atoms with Gasteiger partial charge in [0.2, 0.25) is 0 Å². The molecular formula is C11H12O3. The van der Waals surface area contributed by atoms with Gasteiger partial charge < -0.3 is 4.74 Å². The number of hydrogen-bond donors (Lipinski definition) is 0. The van der Waals surface area contributed by atoms with Crippen molar-refractivity contribution in [2.45, 2.75) is 13.3 Å². The van der Waals surface area contributed by atoms with Gasteiger partial charge in [0.1, 0.15) is 0 Å². The van der Waals surface area contributed by atoms with Gasteiger partial charge in [-0.25, -0.2) is 0 Å². The van der Waals surface area contributed by atoms with Crippen LogP contribution in [0, 0.1) is 29.6 Å². The van der Waals surface area contributed by atoms with Gasteiger partial charge >= 0.3 is 11.9 Å². The van der Waals surface area contributed by atoms with Crippen molar-refractivity contribution in [2.75, 3.05) is 0 Å². The summed E-state index contributed by atoms with van der Waals surface area (Å²) in [4.78, 5) is 22.9. The van der Waals surface area contributed by atoms with E-state index in [2.05, 4.69) is 23.8 Å². The first-order chi connectivity index (χ1) is 6.74. The normalized spacial score (nSPS) is 48.5. The third-order valence-corrected chi connectivity index (χ3v) is 3.98. The van der Waals surface area contributed by atoms with Crippen molar-refractivity contribution >= 4 is 11.9 Å². The van der Waals surface area contributed by atoms with Crippen molar-refractivity contribution in [1.82, 2.24) is 0 Å². The highest BCUT2D eigenvalue weighted by Gasteiger charge is 2.61. The number of ether oxygens (including phenoxy) is 1. The van der Waals surface area contributed by atoms with E-state index >= 15 is 0 Å². The monoisotopic (exact) mass is 192 g/mol. The highest BCUT2D eigenvalue weighted by Crippen LogP contribution is 2.56. The lowest BCUT2D eigenvalue weighted by Crippen LogP contribution is -2.21. The van der Waals surface area contributed by atoms with Gasteiger partial charge in [-0.15, -0.1) is 0 Å². The summed E-state index contributed by atoms with van der Waals surface area (Å²) in [5.41, 5.74) is 0. The molecular weight excluding hydrogens is 180 g/mol. The maximum absolute atomic E-state index is 11.4. The molecule has 1 heterocycles. The molecule has 4 atom stereocenters. The zero-order valence-corrected chi connectivity index (χ0v) is 7.97. The van der Waals surface area contributed by atoms with Gasteiger partial charge in [-0.2, -0.15) is 0 Å². The molecule has 1 aliphatic heterocycles. The molecule has 3 rings (SSSR count). The average Bonchev–Trinajstić information content (AvgIpc) is 2.77. The second kappa shape index (κ2) is 2.47. The summed E-state index contributed by atoms with van der Waals surface area (Å²) >= 11 is 0. The molecule has 0 aromatic rings. The fraction of sp³-hybridized carbons (Fsp3) is 0.636. The minimum Gasteiger partial charge on any atom is -0.393 e. The van der Waals surface area contributed by atoms with Gasteiger partial charge in [0.15, 0.2) is 0 Å². The van der Waals surface area contributed by atoms with Crippen molar-refractivity contribution in [3.05, 3.63) is 12.2 Å². The molecule has 0 aromatic carbocycles. The highest BCUT2D eigenvalue weighted by atomic mass is 16.6. The molecule has 1 saturated carbocycles. The summed E-state index contributed by atoms with van der Waals surface area (Å²) in [6.45, 7) is 2.12. The molecule has 3 heteroatoms. The Hall–Kier alpha value is -1.12. The van der Waals surface area contributed by atoms with E-state index in [0.717, 1.165) is 6.42 Å². The van der Waals surface area contributed by atoms with E-state index < -0.39 is 0 Å². The Morgan fingerprint density at radius 3 is 2.07 bits per heavy atom. The van der Waals surface area contributed by atoms with Crippen LogP contribution in [0.15, 0.2) is 12.2 Å². The molecule has 0 N–H and O–H groups in total. The van der Waals surface area contributed by atoms with Crippen molar-refractivity contribution in [2.24, 2.45) is 29.6 Å². The topological polar surface area (TPSA) is 43.4 Å². The largest absolute Gasteiger partial charge is 0.393 e. The van der Waals surface area contributed by atoms with Gasteiger partial charge in [0.25, 0.3) is 0 Å². The third kappa shape index (κ3) is 0.740. The fourth-order valence-electron chi connectivity index (χ4n) is 3.44. The van der Waals surface area contributed by atoms with Gasteiger partial charge in [0.05, 0.1) is 11.8 Å². The van der Waals surface area contributed by atoms with Crippen LogP contribution in [0.1, 0.15) is 13.3 Å². The fourth-order valence-corrected chi connectivity index (χ4v) is 3.44. The quantitative estimate of drug-likeness (QED) is 0.355.